The minimum absolute atomic E-state index is 0.560. The monoisotopic (exact) mass is 308 g/mol. The minimum Gasteiger partial charge on any atom is -0.378 e. The molecular weight excluding hydrogens is 284 g/mol. The average molecular weight is 308 g/mol. The highest BCUT2D eigenvalue weighted by Crippen LogP contribution is 2.29. The molecule has 1 aliphatic heterocycles. The zero-order valence-corrected chi connectivity index (χ0v) is 13.6. The Morgan fingerprint density at radius 1 is 1.38 bits per heavy atom. The van der Waals surface area contributed by atoms with Crippen molar-refractivity contribution in [1.29, 1.82) is 0 Å². The van der Waals surface area contributed by atoms with Crippen LogP contribution in [0.4, 0.5) is 11.4 Å². The lowest BCUT2D eigenvalue weighted by Crippen LogP contribution is -2.37. The number of guanidine groups is 1. The first kappa shape index (κ1) is 16.0. The summed E-state index contributed by atoms with van der Waals surface area (Å²) in [7, 11) is 1.98. The third-order valence-corrected chi connectivity index (χ3v) is 4.08. The number of hydrogen-bond acceptors (Lipinski definition) is 4. The van der Waals surface area contributed by atoms with Gasteiger partial charge in [0.25, 0.3) is 0 Å². The number of aliphatic imine (C=N–C) groups is 1. The highest BCUT2D eigenvalue weighted by molar-refractivity contribution is 7.98. The predicted molar refractivity (Wildman–Crippen MR) is 91.8 cm³/mol. The molecule has 21 heavy (non-hydrogen) atoms. The molecule has 0 radical (unpaired) electrons. The van der Waals surface area contributed by atoms with E-state index in [1.165, 1.54) is 0 Å². The number of morpholine rings is 1. The van der Waals surface area contributed by atoms with Crippen LogP contribution >= 0.6 is 11.8 Å². The summed E-state index contributed by atoms with van der Waals surface area (Å²) in [5, 5.41) is 0. The quantitative estimate of drug-likeness (QED) is 0.663. The third-order valence-electron chi connectivity index (χ3n) is 3.49. The number of hydrogen-bond donors (Lipinski definition) is 1. The van der Waals surface area contributed by atoms with Crippen LogP contribution in [0.5, 0.6) is 0 Å². The number of anilines is 1. The fourth-order valence-electron chi connectivity index (χ4n) is 2.18. The zero-order valence-electron chi connectivity index (χ0n) is 12.8. The smallest absolute Gasteiger partial charge is 0.196 e. The number of rotatable bonds is 5. The van der Waals surface area contributed by atoms with Crippen molar-refractivity contribution in [3.8, 4) is 0 Å². The van der Waals surface area contributed by atoms with E-state index in [0.717, 1.165) is 50.0 Å². The van der Waals surface area contributed by atoms with E-state index >= 15 is 0 Å². The number of ether oxygens (including phenoxy) is 1. The summed E-state index contributed by atoms with van der Waals surface area (Å²) < 4.78 is 5.41. The van der Waals surface area contributed by atoms with Crippen LogP contribution in [0.3, 0.4) is 0 Å². The normalized spacial score (nSPS) is 16.1. The molecule has 0 atom stereocenters. The lowest BCUT2D eigenvalue weighted by molar-refractivity contribution is 0.123. The van der Waals surface area contributed by atoms with Gasteiger partial charge in [0.1, 0.15) is 0 Å². The molecule has 1 saturated heterocycles. The number of benzene rings is 1. The van der Waals surface area contributed by atoms with E-state index in [-0.39, 0.29) is 0 Å². The van der Waals surface area contributed by atoms with Crippen molar-refractivity contribution >= 4 is 29.1 Å². The first-order chi connectivity index (χ1) is 10.2. The van der Waals surface area contributed by atoms with Crippen molar-refractivity contribution in [3.05, 3.63) is 24.3 Å². The molecule has 1 aliphatic rings. The summed E-state index contributed by atoms with van der Waals surface area (Å²) >= 11 is 1.81. The molecule has 1 fully saturated rings. The van der Waals surface area contributed by atoms with Gasteiger partial charge in [0, 0.05) is 32.4 Å². The van der Waals surface area contributed by atoms with Crippen molar-refractivity contribution in [2.24, 2.45) is 10.7 Å². The maximum Gasteiger partial charge on any atom is 0.196 e. The van der Waals surface area contributed by atoms with Crippen LogP contribution in [0.1, 0.15) is 0 Å². The Labute approximate surface area is 131 Å². The third kappa shape index (κ3) is 4.54. The van der Waals surface area contributed by atoms with Crippen LogP contribution in [0.2, 0.25) is 0 Å². The summed E-state index contributed by atoms with van der Waals surface area (Å²) in [5.41, 5.74) is 8.16. The van der Waals surface area contributed by atoms with Crippen LogP contribution < -0.4 is 10.6 Å². The van der Waals surface area contributed by atoms with Gasteiger partial charge in [-0.15, -0.1) is 0 Å². The molecule has 2 N–H and O–H groups in total. The molecule has 0 amide bonds. The summed E-state index contributed by atoms with van der Waals surface area (Å²) in [6.45, 7) is 4.22. The van der Waals surface area contributed by atoms with Crippen LogP contribution in [0, 0.1) is 0 Å². The Morgan fingerprint density at radius 2 is 2.10 bits per heavy atom. The maximum atomic E-state index is 6.11. The van der Waals surface area contributed by atoms with E-state index in [0.29, 0.717) is 5.96 Å². The van der Waals surface area contributed by atoms with Crippen LogP contribution in [0.25, 0.3) is 0 Å². The fraction of sp³-hybridized carbons (Fsp3) is 0.533. The van der Waals surface area contributed by atoms with Gasteiger partial charge in [-0.3, -0.25) is 0 Å². The van der Waals surface area contributed by atoms with Gasteiger partial charge in [-0.05, 0) is 18.4 Å². The van der Waals surface area contributed by atoms with Gasteiger partial charge >= 0.3 is 0 Å². The van der Waals surface area contributed by atoms with Gasteiger partial charge in [0.15, 0.2) is 5.96 Å². The molecule has 0 aromatic heterocycles. The number of nitrogens with two attached hydrogens (primary N) is 1. The van der Waals surface area contributed by atoms with E-state index in [9.17, 15) is 0 Å². The van der Waals surface area contributed by atoms with E-state index < -0.39 is 0 Å². The van der Waals surface area contributed by atoms with Gasteiger partial charge < -0.3 is 20.3 Å². The summed E-state index contributed by atoms with van der Waals surface area (Å²) in [6, 6.07) is 8.15. The zero-order chi connectivity index (χ0) is 15.1. The minimum atomic E-state index is 0.560. The van der Waals surface area contributed by atoms with Crippen molar-refractivity contribution in [1.82, 2.24) is 4.90 Å². The number of thioether (sulfide) groups is 1. The molecule has 1 heterocycles. The summed E-state index contributed by atoms with van der Waals surface area (Å²) in [6.07, 6.45) is 2.09. The Morgan fingerprint density at radius 3 is 2.81 bits per heavy atom. The molecule has 2 rings (SSSR count). The molecule has 0 unspecified atom stereocenters. The van der Waals surface area contributed by atoms with E-state index in [2.05, 4.69) is 22.2 Å². The second-order valence-corrected chi connectivity index (χ2v) is 5.96. The molecule has 0 spiro atoms. The maximum absolute atomic E-state index is 6.11. The van der Waals surface area contributed by atoms with Crippen LogP contribution in [0.15, 0.2) is 29.3 Å². The molecule has 116 valence electrons. The van der Waals surface area contributed by atoms with Gasteiger partial charge in [-0.1, -0.05) is 12.1 Å². The summed E-state index contributed by atoms with van der Waals surface area (Å²) in [4.78, 5) is 8.91. The van der Waals surface area contributed by atoms with E-state index in [4.69, 9.17) is 10.5 Å². The molecule has 6 heteroatoms. The Bertz CT molecular complexity index is 474. The first-order valence-corrected chi connectivity index (χ1v) is 8.57. The van der Waals surface area contributed by atoms with Gasteiger partial charge in [0.05, 0.1) is 24.6 Å². The molecular formula is C15H24N4OS. The lowest BCUT2D eigenvalue weighted by atomic mass is 10.2. The largest absolute Gasteiger partial charge is 0.378 e. The van der Waals surface area contributed by atoms with Crippen LogP contribution in [-0.2, 0) is 4.74 Å². The van der Waals surface area contributed by atoms with Crippen molar-refractivity contribution in [2.45, 2.75) is 0 Å². The highest BCUT2D eigenvalue weighted by Gasteiger charge is 2.14. The van der Waals surface area contributed by atoms with Crippen LogP contribution in [-0.4, -0.2) is 62.8 Å². The van der Waals surface area contributed by atoms with Crippen molar-refractivity contribution in [2.75, 3.05) is 56.8 Å². The molecule has 0 aliphatic carbocycles. The van der Waals surface area contributed by atoms with Crippen molar-refractivity contribution in [3.63, 3.8) is 0 Å². The second kappa shape index (κ2) is 8.14. The predicted octanol–water partition coefficient (Wildman–Crippen LogP) is 1.76. The van der Waals surface area contributed by atoms with Gasteiger partial charge in [-0.2, -0.15) is 11.8 Å². The average Bonchev–Trinajstić information content (AvgIpc) is 2.54. The van der Waals surface area contributed by atoms with E-state index in [1.54, 1.807) is 11.8 Å². The Balaban J connectivity index is 2.15. The summed E-state index contributed by atoms with van der Waals surface area (Å²) in [5.74, 6) is 1.60. The number of nitrogens with zero attached hydrogens (tertiary/aromatic N) is 3. The molecule has 0 bridgehead atoms. The van der Waals surface area contributed by atoms with Crippen molar-refractivity contribution < 1.29 is 4.74 Å². The molecule has 1 aromatic carbocycles. The van der Waals surface area contributed by atoms with Gasteiger partial charge in [0.2, 0.25) is 0 Å². The Kier molecular flexibility index (Phi) is 6.20. The SMILES string of the molecule is CSCCN(C)/C(N)=N/c1ccccc1N1CCOCC1. The van der Waals surface area contributed by atoms with E-state index in [1.807, 2.05) is 30.1 Å². The fourth-order valence-corrected chi connectivity index (χ4v) is 2.64. The second-order valence-electron chi connectivity index (χ2n) is 4.97. The lowest BCUT2D eigenvalue weighted by Gasteiger charge is -2.30. The topological polar surface area (TPSA) is 54.1 Å². The highest BCUT2D eigenvalue weighted by atomic mass is 32.2. The standard InChI is InChI=1S/C15H24N4OS/c1-18(9-12-21-2)15(16)17-13-5-3-4-6-14(13)19-7-10-20-11-8-19/h3-6H,7-12H2,1-2H3,(H2,16,17). The molecule has 0 saturated carbocycles. The first-order valence-electron chi connectivity index (χ1n) is 7.18. The van der Waals surface area contributed by atoms with Gasteiger partial charge in [-0.25, -0.2) is 4.99 Å². The number of para-hydroxylation sites is 2. The molecule has 1 aromatic rings. The molecule has 5 nitrogen and oxygen atoms in total. The Hall–Kier alpha value is -1.40.